The van der Waals surface area contributed by atoms with Crippen molar-refractivity contribution in [3.63, 3.8) is 0 Å². The van der Waals surface area contributed by atoms with E-state index >= 15 is 0 Å². The molecule has 4 heteroatoms. The van der Waals surface area contributed by atoms with Crippen molar-refractivity contribution in [2.24, 2.45) is 22.4 Å². The van der Waals surface area contributed by atoms with E-state index in [-0.39, 0.29) is 18.5 Å². The molecular formula is C7H15N3O. The van der Waals surface area contributed by atoms with Crippen molar-refractivity contribution in [3.05, 3.63) is 6.92 Å². The van der Waals surface area contributed by atoms with Gasteiger partial charge >= 0.3 is 0 Å². The lowest BCUT2D eigenvalue weighted by molar-refractivity contribution is 0.243. The van der Waals surface area contributed by atoms with E-state index in [0.717, 1.165) is 12.8 Å². The lowest BCUT2D eigenvalue weighted by atomic mass is 10.1. The van der Waals surface area contributed by atoms with Gasteiger partial charge in [0.25, 0.3) is 0 Å². The van der Waals surface area contributed by atoms with E-state index in [9.17, 15) is 0 Å². The van der Waals surface area contributed by atoms with Crippen LogP contribution < -0.4 is 11.5 Å². The number of rotatable bonds is 5. The molecule has 11 heavy (non-hydrogen) atoms. The SMILES string of the molecule is [CH]C(CO)CCCN=C(N)N. The minimum Gasteiger partial charge on any atom is -0.396 e. The molecule has 64 valence electrons. The van der Waals surface area contributed by atoms with Gasteiger partial charge in [0.15, 0.2) is 5.96 Å². The van der Waals surface area contributed by atoms with Crippen molar-refractivity contribution in [1.29, 1.82) is 0 Å². The second-order valence-electron chi connectivity index (χ2n) is 2.39. The van der Waals surface area contributed by atoms with Crippen molar-refractivity contribution in [1.82, 2.24) is 0 Å². The Bertz CT molecular complexity index is 121. The fourth-order valence-electron chi connectivity index (χ4n) is 0.653. The molecule has 0 amide bonds. The molecule has 4 nitrogen and oxygen atoms in total. The number of aliphatic hydroxyl groups is 1. The standard InChI is InChI=1S/C7H15N3O/c1-6(5-11)3-2-4-10-7(8)9/h1,6,11H,2-5H2,(H4,8,9,10). The summed E-state index contributed by atoms with van der Waals surface area (Å²) in [7, 11) is 0. The molecule has 0 aliphatic rings. The van der Waals surface area contributed by atoms with Gasteiger partial charge in [-0.1, -0.05) is 0 Å². The molecule has 0 rings (SSSR count). The average Bonchev–Trinajstić information content (AvgIpc) is 1.97. The van der Waals surface area contributed by atoms with Crippen LogP contribution in [0.3, 0.4) is 0 Å². The molecule has 0 bridgehead atoms. The van der Waals surface area contributed by atoms with Crippen LogP contribution in [0.4, 0.5) is 0 Å². The van der Waals surface area contributed by atoms with E-state index in [1.54, 1.807) is 0 Å². The van der Waals surface area contributed by atoms with Crippen molar-refractivity contribution in [3.8, 4) is 0 Å². The Labute approximate surface area is 67.3 Å². The Morgan fingerprint density at radius 1 is 1.55 bits per heavy atom. The molecular weight excluding hydrogens is 142 g/mol. The fourth-order valence-corrected chi connectivity index (χ4v) is 0.653. The highest BCUT2D eigenvalue weighted by atomic mass is 16.3. The summed E-state index contributed by atoms with van der Waals surface area (Å²) in [6, 6.07) is 0. The molecule has 0 heterocycles. The zero-order valence-corrected chi connectivity index (χ0v) is 6.53. The first kappa shape index (κ1) is 10.2. The summed E-state index contributed by atoms with van der Waals surface area (Å²) in [4.78, 5) is 3.77. The lowest BCUT2D eigenvalue weighted by Gasteiger charge is -2.04. The second-order valence-corrected chi connectivity index (χ2v) is 2.39. The normalized spacial score (nSPS) is 12.5. The molecule has 0 aliphatic carbocycles. The van der Waals surface area contributed by atoms with Gasteiger partial charge in [0.2, 0.25) is 0 Å². The third-order valence-electron chi connectivity index (χ3n) is 1.26. The second kappa shape index (κ2) is 5.97. The number of hydrogen-bond donors (Lipinski definition) is 3. The van der Waals surface area contributed by atoms with Gasteiger partial charge in [-0.05, 0) is 25.7 Å². The average molecular weight is 157 g/mol. The van der Waals surface area contributed by atoms with E-state index in [4.69, 9.17) is 23.5 Å². The van der Waals surface area contributed by atoms with Crippen LogP contribution in [0.2, 0.25) is 0 Å². The fraction of sp³-hybridized carbons (Fsp3) is 0.714. The van der Waals surface area contributed by atoms with Crippen LogP contribution in [0, 0.1) is 12.8 Å². The summed E-state index contributed by atoms with van der Waals surface area (Å²) in [6.07, 6.45) is 1.55. The van der Waals surface area contributed by atoms with Gasteiger partial charge in [-0.15, -0.1) is 0 Å². The molecule has 0 saturated carbocycles. The van der Waals surface area contributed by atoms with Gasteiger partial charge in [0.05, 0.1) is 0 Å². The first-order chi connectivity index (χ1) is 5.16. The maximum Gasteiger partial charge on any atom is 0.185 e. The molecule has 5 N–H and O–H groups in total. The highest BCUT2D eigenvalue weighted by molar-refractivity contribution is 5.75. The zero-order chi connectivity index (χ0) is 8.69. The van der Waals surface area contributed by atoms with E-state index in [1.807, 2.05) is 0 Å². The molecule has 0 aromatic heterocycles. The molecule has 0 aliphatic heterocycles. The van der Waals surface area contributed by atoms with Crippen LogP contribution in [0.5, 0.6) is 0 Å². The van der Waals surface area contributed by atoms with E-state index in [0.29, 0.717) is 6.54 Å². The number of hydrogen-bond acceptors (Lipinski definition) is 2. The summed E-state index contributed by atoms with van der Waals surface area (Å²) >= 11 is 0. The van der Waals surface area contributed by atoms with Crippen LogP contribution in [0.25, 0.3) is 0 Å². The Hall–Kier alpha value is -0.770. The molecule has 0 aromatic carbocycles. The number of nitrogens with zero attached hydrogens (tertiary/aromatic N) is 1. The Morgan fingerprint density at radius 2 is 2.18 bits per heavy atom. The lowest BCUT2D eigenvalue weighted by Crippen LogP contribution is -2.23. The number of aliphatic imine (C=N–C) groups is 1. The third-order valence-corrected chi connectivity index (χ3v) is 1.26. The quantitative estimate of drug-likeness (QED) is 0.282. The predicted octanol–water partition coefficient (Wildman–Crippen LogP) is -0.640. The van der Waals surface area contributed by atoms with Crippen molar-refractivity contribution in [2.45, 2.75) is 12.8 Å². The summed E-state index contributed by atoms with van der Waals surface area (Å²) < 4.78 is 0. The predicted molar refractivity (Wildman–Crippen MR) is 44.8 cm³/mol. The van der Waals surface area contributed by atoms with Crippen LogP contribution in [-0.2, 0) is 0 Å². The maximum absolute atomic E-state index is 8.53. The highest BCUT2D eigenvalue weighted by Gasteiger charge is 1.98. The van der Waals surface area contributed by atoms with Crippen LogP contribution >= 0.6 is 0 Å². The van der Waals surface area contributed by atoms with E-state index in [2.05, 4.69) is 4.99 Å². The summed E-state index contributed by atoms with van der Waals surface area (Å²) in [5.41, 5.74) is 10.2. The first-order valence-electron chi connectivity index (χ1n) is 3.58. The molecule has 0 spiro atoms. The van der Waals surface area contributed by atoms with Gasteiger partial charge in [-0.3, -0.25) is 4.99 Å². The van der Waals surface area contributed by atoms with Crippen molar-refractivity contribution < 1.29 is 5.11 Å². The number of aliphatic hydroxyl groups excluding tert-OH is 1. The first-order valence-corrected chi connectivity index (χ1v) is 3.58. The van der Waals surface area contributed by atoms with Crippen LogP contribution in [0.15, 0.2) is 4.99 Å². The van der Waals surface area contributed by atoms with E-state index in [1.165, 1.54) is 0 Å². The Balaban J connectivity index is 3.21. The largest absolute Gasteiger partial charge is 0.396 e. The van der Waals surface area contributed by atoms with Crippen LogP contribution in [-0.4, -0.2) is 24.2 Å². The third kappa shape index (κ3) is 7.12. The van der Waals surface area contributed by atoms with Crippen molar-refractivity contribution in [2.75, 3.05) is 13.2 Å². The van der Waals surface area contributed by atoms with Gasteiger partial charge in [-0.2, -0.15) is 0 Å². The molecule has 0 saturated heterocycles. The molecule has 1 unspecified atom stereocenters. The number of nitrogens with two attached hydrogens (primary N) is 2. The van der Waals surface area contributed by atoms with Gasteiger partial charge in [0.1, 0.15) is 0 Å². The topological polar surface area (TPSA) is 84.6 Å². The van der Waals surface area contributed by atoms with Crippen molar-refractivity contribution >= 4 is 5.96 Å². The monoisotopic (exact) mass is 157 g/mol. The summed E-state index contributed by atoms with van der Waals surface area (Å²) in [5, 5.41) is 8.53. The Morgan fingerprint density at radius 3 is 2.64 bits per heavy atom. The maximum atomic E-state index is 8.53. The molecule has 1 atom stereocenters. The van der Waals surface area contributed by atoms with Crippen LogP contribution in [0.1, 0.15) is 12.8 Å². The Kier molecular flexibility index (Phi) is 5.56. The summed E-state index contributed by atoms with van der Waals surface area (Å²) in [6.45, 7) is 6.02. The zero-order valence-electron chi connectivity index (χ0n) is 6.53. The van der Waals surface area contributed by atoms with E-state index < -0.39 is 0 Å². The molecule has 2 radical (unpaired) electrons. The van der Waals surface area contributed by atoms with Gasteiger partial charge < -0.3 is 16.6 Å². The van der Waals surface area contributed by atoms with Gasteiger partial charge in [-0.25, -0.2) is 0 Å². The minimum atomic E-state index is -0.149. The molecule has 0 fully saturated rings. The minimum absolute atomic E-state index is 0.0157. The van der Waals surface area contributed by atoms with Gasteiger partial charge in [0, 0.05) is 13.2 Å². The summed E-state index contributed by atoms with van der Waals surface area (Å²) in [5.74, 6) is -0.0493. The smallest absolute Gasteiger partial charge is 0.185 e. The highest BCUT2D eigenvalue weighted by Crippen LogP contribution is 2.02. The number of guanidine groups is 1. The molecule has 0 aromatic rings.